The van der Waals surface area contributed by atoms with Gasteiger partial charge in [0.1, 0.15) is 0 Å². The third kappa shape index (κ3) is 6.24. The Morgan fingerprint density at radius 3 is 1.58 bits per heavy atom. The summed E-state index contributed by atoms with van der Waals surface area (Å²) in [5.41, 5.74) is -1.80. The molecule has 0 radical (unpaired) electrons. The third-order valence-electron chi connectivity index (χ3n) is 5.17. The van der Waals surface area contributed by atoms with E-state index in [0.29, 0.717) is 51.9 Å². The highest BCUT2D eigenvalue weighted by atomic mass is 28.4. The van der Waals surface area contributed by atoms with E-state index in [4.69, 9.17) is 22.8 Å². The Bertz CT molecular complexity index is 834. The molecule has 2 unspecified atom stereocenters. The quantitative estimate of drug-likeness (QED) is 0.201. The van der Waals surface area contributed by atoms with Gasteiger partial charge in [-0.2, -0.15) is 0 Å². The molecule has 0 amide bonds. The van der Waals surface area contributed by atoms with Crippen LogP contribution in [-0.2, 0) is 42.4 Å². The van der Waals surface area contributed by atoms with Crippen molar-refractivity contribution in [1.29, 1.82) is 0 Å². The Balaban J connectivity index is 1.74. The van der Waals surface area contributed by atoms with Gasteiger partial charge in [-0.3, -0.25) is 0 Å². The predicted molar refractivity (Wildman–Crippen MR) is 113 cm³/mol. The zero-order valence-electron chi connectivity index (χ0n) is 18.5. The van der Waals surface area contributed by atoms with Crippen LogP contribution in [0.1, 0.15) is 33.6 Å². The molecule has 2 saturated heterocycles. The lowest BCUT2D eigenvalue weighted by Gasteiger charge is -2.28. The number of hydrogen-bond acceptors (Lipinski definition) is 8. The predicted octanol–water partition coefficient (Wildman–Crippen LogP) is -0.202. The molecule has 2 aliphatic rings. The maximum absolute atomic E-state index is 12.9. The summed E-state index contributed by atoms with van der Waals surface area (Å²) in [5.74, 6) is 0. The average Bonchev–Trinajstić information content (AvgIpc) is 3.65. The van der Waals surface area contributed by atoms with Gasteiger partial charge < -0.3 is 22.8 Å². The highest BCUT2D eigenvalue weighted by molar-refractivity contribution is 6.60. The molecule has 31 heavy (non-hydrogen) atoms. The van der Waals surface area contributed by atoms with Crippen molar-refractivity contribution >= 4 is 8.80 Å². The Labute approximate surface area is 181 Å². The molecule has 0 N–H and O–H groups in total. The molecular weight excluding hydrogens is 426 g/mol. The smallest absolute Gasteiger partial charge is 0.374 e. The van der Waals surface area contributed by atoms with Crippen molar-refractivity contribution in [3.63, 3.8) is 0 Å². The minimum absolute atomic E-state index is 0.151. The van der Waals surface area contributed by atoms with Crippen molar-refractivity contribution in [2.75, 3.05) is 33.0 Å². The van der Waals surface area contributed by atoms with E-state index in [1.807, 2.05) is 20.8 Å². The van der Waals surface area contributed by atoms with Gasteiger partial charge in [-0.05, 0) is 33.6 Å². The van der Waals surface area contributed by atoms with E-state index < -0.39 is 25.9 Å². The summed E-state index contributed by atoms with van der Waals surface area (Å²) in [6.45, 7) is 8.70. The number of unbranched alkanes of at least 4 members (excludes halogenated alkanes) is 1. The molecule has 1 aromatic rings. The lowest BCUT2D eigenvalue weighted by atomic mass is 10.3. The Kier molecular flexibility index (Phi) is 8.41. The highest BCUT2D eigenvalue weighted by Gasteiger charge is 2.39. The van der Waals surface area contributed by atoms with Crippen LogP contribution in [0, 0.1) is 0 Å². The van der Waals surface area contributed by atoms with Gasteiger partial charge in [0.25, 0.3) is 0 Å². The van der Waals surface area contributed by atoms with Crippen LogP contribution in [0.15, 0.2) is 14.4 Å². The molecule has 176 valence electrons. The first-order valence-electron chi connectivity index (χ1n) is 11.0. The van der Waals surface area contributed by atoms with Crippen molar-refractivity contribution in [2.45, 2.75) is 71.5 Å². The van der Waals surface area contributed by atoms with Gasteiger partial charge in [0, 0.05) is 32.4 Å². The van der Waals surface area contributed by atoms with Gasteiger partial charge in [0.2, 0.25) is 0 Å². The first-order valence-corrected chi connectivity index (χ1v) is 13.0. The van der Waals surface area contributed by atoms with E-state index in [9.17, 15) is 14.4 Å². The van der Waals surface area contributed by atoms with Crippen LogP contribution >= 0.6 is 0 Å². The normalized spacial score (nSPS) is 20.2. The average molecular weight is 460 g/mol. The lowest BCUT2D eigenvalue weighted by Crippen LogP contribution is -2.55. The molecule has 0 aromatic carbocycles. The molecule has 3 rings (SSSR count). The second-order valence-electron chi connectivity index (χ2n) is 7.57. The molecule has 2 atom stereocenters. The lowest BCUT2D eigenvalue weighted by molar-refractivity contribution is 0.0706. The van der Waals surface area contributed by atoms with Crippen molar-refractivity contribution < 1.29 is 22.8 Å². The van der Waals surface area contributed by atoms with Crippen molar-refractivity contribution in [2.24, 2.45) is 0 Å². The van der Waals surface area contributed by atoms with E-state index >= 15 is 0 Å². The molecule has 0 aliphatic carbocycles. The molecule has 0 bridgehead atoms. The van der Waals surface area contributed by atoms with Crippen molar-refractivity contribution in [1.82, 2.24) is 13.7 Å². The van der Waals surface area contributed by atoms with Crippen molar-refractivity contribution in [3.8, 4) is 0 Å². The number of aromatic nitrogens is 3. The maximum atomic E-state index is 12.9. The summed E-state index contributed by atoms with van der Waals surface area (Å²) in [5, 5.41) is 0. The van der Waals surface area contributed by atoms with E-state index in [2.05, 4.69) is 0 Å². The number of epoxide rings is 2. The van der Waals surface area contributed by atoms with Crippen LogP contribution in [0.3, 0.4) is 0 Å². The molecule has 2 fully saturated rings. The summed E-state index contributed by atoms with van der Waals surface area (Å²) in [4.78, 5) is 38.5. The van der Waals surface area contributed by atoms with Crippen LogP contribution < -0.4 is 17.1 Å². The van der Waals surface area contributed by atoms with E-state index in [0.717, 1.165) is 13.7 Å². The Morgan fingerprint density at radius 2 is 1.19 bits per heavy atom. The van der Waals surface area contributed by atoms with E-state index in [1.54, 1.807) is 0 Å². The molecule has 0 saturated carbocycles. The van der Waals surface area contributed by atoms with E-state index in [1.165, 1.54) is 0 Å². The van der Waals surface area contributed by atoms with Gasteiger partial charge >= 0.3 is 25.9 Å². The van der Waals surface area contributed by atoms with Gasteiger partial charge in [-0.15, -0.1) is 0 Å². The molecular formula is C19H33N3O8Si. The minimum Gasteiger partial charge on any atom is -0.374 e. The second-order valence-corrected chi connectivity index (χ2v) is 10.3. The summed E-state index contributed by atoms with van der Waals surface area (Å²) >= 11 is 0. The summed E-state index contributed by atoms with van der Waals surface area (Å²) in [6.07, 6.45) is 0.901. The molecule has 11 nitrogen and oxygen atoms in total. The van der Waals surface area contributed by atoms with Crippen LogP contribution in [-0.4, -0.2) is 67.7 Å². The summed E-state index contributed by atoms with van der Waals surface area (Å²) in [7, 11) is -2.78. The highest BCUT2D eigenvalue weighted by Crippen LogP contribution is 2.19. The molecule has 2 aliphatic heterocycles. The number of ether oxygens (including phenoxy) is 2. The Hall–Kier alpha value is -1.57. The van der Waals surface area contributed by atoms with Crippen LogP contribution in [0.4, 0.5) is 0 Å². The van der Waals surface area contributed by atoms with Crippen LogP contribution in [0.5, 0.6) is 0 Å². The van der Waals surface area contributed by atoms with Gasteiger partial charge in [0.05, 0.1) is 38.5 Å². The molecule has 12 heteroatoms. The minimum atomic E-state index is -2.78. The topological polar surface area (TPSA) is 119 Å². The van der Waals surface area contributed by atoms with Crippen molar-refractivity contribution in [3.05, 3.63) is 31.5 Å². The number of hydrogen-bond donors (Lipinski definition) is 0. The molecule has 3 heterocycles. The first-order chi connectivity index (χ1) is 14.9. The first kappa shape index (κ1) is 24.1. The zero-order valence-corrected chi connectivity index (χ0v) is 19.5. The van der Waals surface area contributed by atoms with Gasteiger partial charge in [-0.1, -0.05) is 0 Å². The van der Waals surface area contributed by atoms with Gasteiger partial charge in [-0.25, -0.2) is 28.1 Å². The number of rotatable bonds is 15. The Morgan fingerprint density at radius 1 is 0.774 bits per heavy atom. The summed E-state index contributed by atoms with van der Waals surface area (Å²) < 4.78 is 31.2. The van der Waals surface area contributed by atoms with Gasteiger partial charge in [0.15, 0.2) is 0 Å². The fourth-order valence-corrected chi connectivity index (χ4v) is 6.24. The second kappa shape index (κ2) is 10.8. The largest absolute Gasteiger partial charge is 0.500 e. The fourth-order valence-electron chi connectivity index (χ4n) is 3.55. The maximum Gasteiger partial charge on any atom is 0.500 e. The fraction of sp³-hybridized carbons (Fsp3) is 0.842. The molecule has 1 aromatic heterocycles. The van der Waals surface area contributed by atoms with Crippen LogP contribution in [0.2, 0.25) is 6.04 Å². The van der Waals surface area contributed by atoms with E-state index in [-0.39, 0.29) is 31.8 Å². The third-order valence-corrected chi connectivity index (χ3v) is 8.32. The molecule has 0 spiro atoms. The zero-order chi connectivity index (χ0) is 22.4. The number of nitrogens with zero attached hydrogens (tertiary/aromatic N) is 3. The SMILES string of the molecule is CCO[Si](CCCCn1c(=O)n(CC2CO2)c(=O)n(CC2CO2)c1=O)(OCC)OCC. The monoisotopic (exact) mass is 459 g/mol. The van der Waals surface area contributed by atoms with Crippen LogP contribution in [0.25, 0.3) is 0 Å². The standard InChI is InChI=1S/C19H33N3O8Si/c1-4-28-31(29-5-2,30-6-3)10-8-7-9-20-17(23)21(11-15-13-26-15)19(25)22(18(20)24)12-16-14-27-16/h15-16H,4-14H2,1-3H3. The summed E-state index contributed by atoms with van der Waals surface area (Å²) in [6, 6.07) is 0.594.